The van der Waals surface area contributed by atoms with E-state index in [1.807, 2.05) is 16.8 Å². The molecule has 0 aliphatic rings. The molecule has 2 aromatic rings. The van der Waals surface area contributed by atoms with Crippen LogP contribution >= 0.6 is 15.9 Å². The quantitative estimate of drug-likeness (QED) is 0.873. The van der Waals surface area contributed by atoms with Crippen molar-refractivity contribution in [2.45, 2.75) is 6.42 Å². The molecular formula is C11H12BrN3O. The first-order valence-corrected chi connectivity index (χ1v) is 5.69. The van der Waals surface area contributed by atoms with Gasteiger partial charge in [-0.15, -0.1) is 0 Å². The molecule has 0 fully saturated rings. The van der Waals surface area contributed by atoms with Gasteiger partial charge < -0.3 is 9.40 Å². The summed E-state index contributed by atoms with van der Waals surface area (Å²) in [5, 5.41) is 0. The summed E-state index contributed by atoms with van der Waals surface area (Å²) in [5.74, 6) is 5.00. The van der Waals surface area contributed by atoms with E-state index in [2.05, 4.69) is 37.9 Å². The molecule has 0 atom stereocenters. The highest BCUT2D eigenvalue weighted by Gasteiger charge is 2.03. The van der Waals surface area contributed by atoms with Gasteiger partial charge in [0.25, 0.3) is 0 Å². The highest BCUT2D eigenvalue weighted by Crippen LogP contribution is 2.22. The fourth-order valence-corrected chi connectivity index (χ4v) is 2.12. The maximum atomic E-state index is 5.00. The van der Waals surface area contributed by atoms with Gasteiger partial charge >= 0.3 is 0 Å². The van der Waals surface area contributed by atoms with Crippen LogP contribution in [0.25, 0.3) is 5.69 Å². The Morgan fingerprint density at radius 2 is 2.31 bits per heavy atom. The lowest BCUT2D eigenvalue weighted by molar-refractivity contribution is 0.141. The minimum Gasteiger partial charge on any atom is -0.305 e. The van der Waals surface area contributed by atoms with Crippen molar-refractivity contribution in [3.63, 3.8) is 0 Å². The van der Waals surface area contributed by atoms with Crippen LogP contribution in [0, 0.1) is 0 Å². The molecule has 0 aliphatic heterocycles. The molecule has 0 unspecified atom stereocenters. The molecule has 1 heterocycles. The smallest absolute Gasteiger partial charge is 0.0992 e. The molecule has 0 radical (unpaired) electrons. The first-order chi connectivity index (χ1) is 7.81. The molecule has 1 aromatic heterocycles. The third-order valence-electron chi connectivity index (χ3n) is 2.30. The lowest BCUT2D eigenvalue weighted by Gasteiger charge is -2.07. The van der Waals surface area contributed by atoms with E-state index in [0.29, 0.717) is 6.61 Å². The predicted molar refractivity (Wildman–Crippen MR) is 65.1 cm³/mol. The second-order valence-corrected chi connectivity index (χ2v) is 4.23. The van der Waals surface area contributed by atoms with Crippen molar-refractivity contribution in [1.29, 1.82) is 0 Å². The van der Waals surface area contributed by atoms with E-state index in [9.17, 15) is 0 Å². The molecule has 0 saturated heterocycles. The number of rotatable bonds is 4. The van der Waals surface area contributed by atoms with Crippen LogP contribution in [0.15, 0.2) is 41.4 Å². The van der Waals surface area contributed by atoms with Crippen molar-refractivity contribution in [3.8, 4) is 5.69 Å². The van der Waals surface area contributed by atoms with Crippen molar-refractivity contribution in [2.75, 3.05) is 6.61 Å². The van der Waals surface area contributed by atoms with E-state index in [4.69, 9.17) is 5.90 Å². The molecule has 84 valence electrons. The van der Waals surface area contributed by atoms with Gasteiger partial charge in [-0.25, -0.2) is 10.9 Å². The summed E-state index contributed by atoms with van der Waals surface area (Å²) >= 11 is 3.54. The number of nitrogens with two attached hydrogens (primary N) is 1. The molecule has 5 heteroatoms. The summed E-state index contributed by atoms with van der Waals surface area (Å²) in [4.78, 5) is 8.57. The molecule has 4 nitrogen and oxygen atoms in total. The van der Waals surface area contributed by atoms with E-state index >= 15 is 0 Å². The number of imidazole rings is 1. The molecule has 0 spiro atoms. The van der Waals surface area contributed by atoms with E-state index in [1.165, 1.54) is 5.56 Å². The van der Waals surface area contributed by atoms with Crippen LogP contribution in [0.4, 0.5) is 0 Å². The zero-order valence-electron chi connectivity index (χ0n) is 8.64. The highest BCUT2D eigenvalue weighted by molar-refractivity contribution is 9.10. The number of aromatic nitrogens is 2. The van der Waals surface area contributed by atoms with Gasteiger partial charge in [-0.2, -0.15) is 0 Å². The summed E-state index contributed by atoms with van der Waals surface area (Å²) in [6.45, 7) is 0.525. The van der Waals surface area contributed by atoms with E-state index in [-0.39, 0.29) is 0 Å². The second-order valence-electron chi connectivity index (χ2n) is 3.38. The molecule has 16 heavy (non-hydrogen) atoms. The second kappa shape index (κ2) is 5.25. The number of halogens is 1. The van der Waals surface area contributed by atoms with Gasteiger partial charge in [-0.1, -0.05) is 6.07 Å². The van der Waals surface area contributed by atoms with Crippen LogP contribution in [-0.4, -0.2) is 16.2 Å². The number of hydrogen-bond acceptors (Lipinski definition) is 3. The standard InChI is InChI=1S/C11H12BrN3O/c12-10-7-9(3-6-16-13)1-2-11(10)15-5-4-14-8-15/h1-2,4-5,7-8H,3,6,13H2. The summed E-state index contributed by atoms with van der Waals surface area (Å²) in [5.41, 5.74) is 2.25. The van der Waals surface area contributed by atoms with E-state index in [1.54, 1.807) is 12.5 Å². The van der Waals surface area contributed by atoms with E-state index in [0.717, 1.165) is 16.6 Å². The van der Waals surface area contributed by atoms with Crippen molar-refractivity contribution in [3.05, 3.63) is 47.0 Å². The third kappa shape index (κ3) is 2.49. The molecule has 1 aromatic carbocycles. The zero-order chi connectivity index (χ0) is 11.4. The zero-order valence-corrected chi connectivity index (χ0v) is 10.2. The molecule has 0 amide bonds. The van der Waals surface area contributed by atoms with Gasteiger partial charge in [-0.05, 0) is 40.0 Å². The lowest BCUT2D eigenvalue weighted by Crippen LogP contribution is -2.04. The fraction of sp³-hybridized carbons (Fsp3) is 0.182. The molecule has 2 rings (SSSR count). The minimum absolute atomic E-state index is 0.525. The average Bonchev–Trinajstić information content (AvgIpc) is 2.80. The lowest BCUT2D eigenvalue weighted by atomic mass is 10.1. The molecule has 0 aliphatic carbocycles. The van der Waals surface area contributed by atoms with Gasteiger partial charge in [0.1, 0.15) is 0 Å². The number of nitrogens with zero attached hydrogens (tertiary/aromatic N) is 2. The Balaban J connectivity index is 2.23. The Kier molecular flexibility index (Phi) is 3.71. The van der Waals surface area contributed by atoms with Crippen molar-refractivity contribution < 1.29 is 4.84 Å². The van der Waals surface area contributed by atoms with E-state index < -0.39 is 0 Å². The summed E-state index contributed by atoms with van der Waals surface area (Å²) in [7, 11) is 0. The normalized spacial score (nSPS) is 10.6. The van der Waals surface area contributed by atoms with Gasteiger partial charge in [0.05, 0.1) is 18.6 Å². The largest absolute Gasteiger partial charge is 0.305 e. The topological polar surface area (TPSA) is 53.1 Å². The summed E-state index contributed by atoms with van der Waals surface area (Å²) in [6.07, 6.45) is 6.23. The fourth-order valence-electron chi connectivity index (χ4n) is 1.49. The van der Waals surface area contributed by atoms with Gasteiger partial charge in [-0.3, -0.25) is 0 Å². The van der Waals surface area contributed by atoms with Crippen LogP contribution < -0.4 is 5.90 Å². The maximum Gasteiger partial charge on any atom is 0.0992 e. The number of benzene rings is 1. The average molecular weight is 282 g/mol. The maximum absolute atomic E-state index is 5.00. The molecular weight excluding hydrogens is 270 g/mol. The summed E-state index contributed by atoms with van der Waals surface area (Å²) in [6, 6.07) is 6.16. The van der Waals surface area contributed by atoms with Crippen molar-refractivity contribution >= 4 is 15.9 Å². The Morgan fingerprint density at radius 3 is 2.94 bits per heavy atom. The van der Waals surface area contributed by atoms with Crippen LogP contribution in [0.3, 0.4) is 0 Å². The first-order valence-electron chi connectivity index (χ1n) is 4.89. The van der Waals surface area contributed by atoms with Gasteiger partial charge in [0, 0.05) is 16.9 Å². The van der Waals surface area contributed by atoms with Crippen LogP contribution in [0.1, 0.15) is 5.56 Å². The van der Waals surface area contributed by atoms with Crippen LogP contribution in [0.5, 0.6) is 0 Å². The predicted octanol–water partition coefficient (Wildman–Crippen LogP) is 2.07. The van der Waals surface area contributed by atoms with Crippen molar-refractivity contribution in [1.82, 2.24) is 9.55 Å². The Bertz CT molecular complexity index is 456. The molecule has 0 saturated carbocycles. The Hall–Kier alpha value is -1.17. The highest BCUT2D eigenvalue weighted by atomic mass is 79.9. The Morgan fingerprint density at radius 1 is 1.44 bits per heavy atom. The monoisotopic (exact) mass is 281 g/mol. The molecule has 0 bridgehead atoms. The first kappa shape index (κ1) is 11.3. The van der Waals surface area contributed by atoms with Crippen LogP contribution in [0.2, 0.25) is 0 Å². The third-order valence-corrected chi connectivity index (χ3v) is 2.94. The van der Waals surface area contributed by atoms with Gasteiger partial charge in [0.15, 0.2) is 0 Å². The summed E-state index contributed by atoms with van der Waals surface area (Å²) < 4.78 is 2.98. The van der Waals surface area contributed by atoms with Gasteiger partial charge in [0.2, 0.25) is 0 Å². The minimum atomic E-state index is 0.525. The number of hydrogen-bond donors (Lipinski definition) is 1. The molecule has 2 N–H and O–H groups in total. The van der Waals surface area contributed by atoms with Crippen LogP contribution in [-0.2, 0) is 11.3 Å². The van der Waals surface area contributed by atoms with Crippen molar-refractivity contribution in [2.24, 2.45) is 5.90 Å². The Labute approximate surface area is 102 Å². The SMILES string of the molecule is NOCCc1ccc(-n2ccnc2)c(Br)c1.